The van der Waals surface area contributed by atoms with Crippen molar-refractivity contribution in [2.75, 3.05) is 10.6 Å². The van der Waals surface area contributed by atoms with E-state index in [2.05, 4.69) is 26.6 Å². The number of nitro benzene ring substituents is 1. The maximum Gasteiger partial charge on any atom is 0.271 e. The summed E-state index contributed by atoms with van der Waals surface area (Å²) in [5, 5.41) is 17.1. The average molecular weight is 583 g/mol. The molecular weight excluding hydrogens is 560 g/mol. The van der Waals surface area contributed by atoms with Gasteiger partial charge in [-0.15, -0.1) is 0 Å². The summed E-state index contributed by atoms with van der Waals surface area (Å²) in [5.74, 6) is -0.487. The number of nitrogens with zero attached hydrogens (tertiary/aromatic N) is 2. The minimum atomic E-state index is -0.758. The van der Waals surface area contributed by atoms with Crippen LogP contribution in [0.15, 0.2) is 107 Å². The maximum absolute atomic E-state index is 13.2. The molecule has 0 saturated heterocycles. The highest BCUT2D eigenvalue weighted by Gasteiger charge is 2.27. The first kappa shape index (κ1) is 26.0. The second-order valence-electron chi connectivity index (χ2n) is 9.09. The fraction of sp³-hybridized carbons (Fsp3) is 0.100. The number of nitrogens with one attached hydrogen (secondary N) is 2. The Morgan fingerprint density at radius 3 is 2.41 bits per heavy atom. The first-order chi connectivity index (χ1) is 18.9. The van der Waals surface area contributed by atoms with Crippen molar-refractivity contribution in [3.05, 3.63) is 134 Å². The number of carbonyl (C=O) groups excluding carboxylic acids is 2. The van der Waals surface area contributed by atoms with Gasteiger partial charge in [-0.1, -0.05) is 70.5 Å². The summed E-state index contributed by atoms with van der Waals surface area (Å²) < 4.78 is 0.891. The second-order valence-corrected chi connectivity index (χ2v) is 10.0. The van der Waals surface area contributed by atoms with Crippen LogP contribution in [-0.4, -0.2) is 28.5 Å². The molecule has 4 aromatic carbocycles. The van der Waals surface area contributed by atoms with Gasteiger partial charge in [0.25, 0.3) is 5.69 Å². The van der Waals surface area contributed by atoms with Gasteiger partial charge in [0.05, 0.1) is 22.7 Å². The van der Waals surface area contributed by atoms with Crippen LogP contribution in [-0.2, 0) is 22.4 Å². The van der Waals surface area contributed by atoms with E-state index in [0.717, 1.165) is 15.6 Å². The lowest BCUT2D eigenvalue weighted by Crippen LogP contribution is -2.27. The molecule has 39 heavy (non-hydrogen) atoms. The van der Waals surface area contributed by atoms with Crippen molar-refractivity contribution in [3.63, 3.8) is 0 Å². The number of hydrogen-bond donors (Lipinski definition) is 2. The predicted molar refractivity (Wildman–Crippen MR) is 154 cm³/mol. The zero-order valence-corrected chi connectivity index (χ0v) is 22.2. The molecule has 0 fully saturated rings. The Labute approximate surface area is 233 Å². The van der Waals surface area contributed by atoms with Crippen molar-refractivity contribution < 1.29 is 14.5 Å². The van der Waals surface area contributed by atoms with Gasteiger partial charge in [-0.05, 0) is 41.5 Å². The molecule has 1 unspecified atom stereocenters. The van der Waals surface area contributed by atoms with Crippen molar-refractivity contribution >= 4 is 50.5 Å². The molecule has 194 valence electrons. The van der Waals surface area contributed by atoms with E-state index in [-0.39, 0.29) is 23.9 Å². The lowest BCUT2D eigenvalue weighted by atomic mass is 9.99. The summed E-state index contributed by atoms with van der Waals surface area (Å²) >= 11 is 3.46. The fourth-order valence-corrected chi connectivity index (χ4v) is 4.86. The van der Waals surface area contributed by atoms with Crippen LogP contribution in [0.4, 0.5) is 17.1 Å². The lowest BCUT2D eigenvalue weighted by Gasteiger charge is -2.12. The Bertz CT molecular complexity index is 1590. The maximum atomic E-state index is 13.2. The summed E-state index contributed by atoms with van der Waals surface area (Å²) in [6.45, 7) is 0. The fourth-order valence-electron chi connectivity index (χ4n) is 4.41. The van der Waals surface area contributed by atoms with Crippen molar-refractivity contribution in [1.82, 2.24) is 0 Å². The molecule has 1 aliphatic rings. The van der Waals surface area contributed by atoms with Gasteiger partial charge in [0.1, 0.15) is 6.04 Å². The molecule has 0 spiro atoms. The molecule has 1 heterocycles. The summed E-state index contributed by atoms with van der Waals surface area (Å²) in [6, 6.07) is 27.9. The Morgan fingerprint density at radius 1 is 0.949 bits per heavy atom. The molecule has 5 rings (SSSR count). The van der Waals surface area contributed by atoms with Gasteiger partial charge < -0.3 is 10.6 Å². The first-order valence-electron chi connectivity index (χ1n) is 12.2. The van der Waals surface area contributed by atoms with E-state index in [1.807, 2.05) is 66.7 Å². The largest absolute Gasteiger partial charge is 0.326 e. The van der Waals surface area contributed by atoms with Gasteiger partial charge in [-0.25, -0.2) is 0 Å². The Kier molecular flexibility index (Phi) is 7.60. The number of benzodiazepines with no additional fused rings is 1. The van der Waals surface area contributed by atoms with Gasteiger partial charge in [-0.3, -0.25) is 24.7 Å². The van der Waals surface area contributed by atoms with E-state index in [1.54, 1.807) is 18.2 Å². The van der Waals surface area contributed by atoms with Gasteiger partial charge >= 0.3 is 0 Å². The van der Waals surface area contributed by atoms with Crippen molar-refractivity contribution in [1.29, 1.82) is 0 Å². The number of non-ortho nitro benzene ring substituents is 1. The standard InChI is InChI=1S/C30H23BrN4O4/c31-22-8-4-7-20(15-22)16-27-30(37)34-26-18-24(35(38)39)13-14-25(26)29(33-27)21-9-11-23(12-10-21)32-28(36)17-19-5-2-1-3-6-19/h1-15,18,27H,16-17H2,(H,32,36)(H,34,37). The first-order valence-corrected chi connectivity index (χ1v) is 13.0. The highest BCUT2D eigenvalue weighted by Crippen LogP contribution is 2.29. The smallest absolute Gasteiger partial charge is 0.271 e. The van der Waals surface area contributed by atoms with Crippen molar-refractivity contribution in [2.24, 2.45) is 4.99 Å². The third-order valence-corrected chi connectivity index (χ3v) is 6.78. The van der Waals surface area contributed by atoms with E-state index >= 15 is 0 Å². The van der Waals surface area contributed by atoms with Crippen LogP contribution in [0.2, 0.25) is 0 Å². The van der Waals surface area contributed by atoms with Crippen LogP contribution >= 0.6 is 15.9 Å². The Balaban J connectivity index is 1.46. The summed E-state index contributed by atoms with van der Waals surface area (Å²) in [5.41, 5.74) is 4.46. The normalized spacial score (nSPS) is 14.4. The summed E-state index contributed by atoms with van der Waals surface area (Å²) in [4.78, 5) is 41.5. The molecule has 2 N–H and O–H groups in total. The highest BCUT2D eigenvalue weighted by molar-refractivity contribution is 9.10. The van der Waals surface area contributed by atoms with Crippen LogP contribution in [0.25, 0.3) is 0 Å². The molecule has 0 radical (unpaired) electrons. The van der Waals surface area contributed by atoms with Crippen molar-refractivity contribution in [3.8, 4) is 0 Å². The SMILES string of the molecule is O=C(Cc1ccccc1)Nc1ccc(C2=NC(Cc3cccc(Br)c3)C(=O)Nc3cc([N+](=O)[O-])ccc32)cc1. The molecule has 9 heteroatoms. The number of rotatable bonds is 7. The quantitative estimate of drug-likeness (QED) is 0.207. The predicted octanol–water partition coefficient (Wildman–Crippen LogP) is 5.94. The molecule has 1 atom stereocenters. The van der Waals surface area contributed by atoms with Crippen LogP contribution < -0.4 is 10.6 Å². The number of anilines is 2. The topological polar surface area (TPSA) is 114 Å². The number of nitro groups is 1. The van der Waals surface area contributed by atoms with E-state index in [9.17, 15) is 19.7 Å². The number of carbonyl (C=O) groups is 2. The average Bonchev–Trinajstić information content (AvgIpc) is 3.05. The summed E-state index contributed by atoms with van der Waals surface area (Å²) in [6.07, 6.45) is 0.602. The minimum Gasteiger partial charge on any atom is -0.326 e. The van der Waals surface area contributed by atoms with E-state index in [0.29, 0.717) is 34.6 Å². The molecule has 0 bridgehead atoms. The minimum absolute atomic E-state index is 0.129. The molecule has 0 aliphatic carbocycles. The van der Waals surface area contributed by atoms with Gasteiger partial charge in [-0.2, -0.15) is 0 Å². The number of fused-ring (bicyclic) bond motifs is 1. The molecule has 1 aliphatic heterocycles. The molecule has 0 aromatic heterocycles. The Morgan fingerprint density at radius 2 is 1.69 bits per heavy atom. The number of hydrogen-bond acceptors (Lipinski definition) is 5. The van der Waals surface area contributed by atoms with Crippen LogP contribution in [0.5, 0.6) is 0 Å². The zero-order chi connectivity index (χ0) is 27.4. The Hall–Kier alpha value is -4.63. The number of aliphatic imine (C=N–C) groups is 1. The third-order valence-electron chi connectivity index (χ3n) is 6.28. The second kappa shape index (κ2) is 11.4. The molecule has 0 saturated carbocycles. The monoisotopic (exact) mass is 582 g/mol. The number of halogens is 1. The number of amides is 2. The molecule has 4 aromatic rings. The van der Waals surface area contributed by atoms with Crippen molar-refractivity contribution in [2.45, 2.75) is 18.9 Å². The molecule has 2 amide bonds. The summed E-state index contributed by atoms with van der Waals surface area (Å²) in [7, 11) is 0. The van der Waals surface area contributed by atoms with Gasteiger partial charge in [0.15, 0.2) is 0 Å². The van der Waals surface area contributed by atoms with Gasteiger partial charge in [0, 0.05) is 39.8 Å². The highest BCUT2D eigenvalue weighted by atomic mass is 79.9. The van der Waals surface area contributed by atoms with E-state index < -0.39 is 11.0 Å². The molecule has 8 nitrogen and oxygen atoms in total. The van der Waals surface area contributed by atoms with E-state index in [1.165, 1.54) is 12.1 Å². The zero-order valence-electron chi connectivity index (χ0n) is 20.6. The number of benzene rings is 4. The third kappa shape index (κ3) is 6.27. The van der Waals surface area contributed by atoms with Gasteiger partial charge in [0.2, 0.25) is 11.8 Å². The van der Waals surface area contributed by atoms with Crippen LogP contribution in [0.3, 0.4) is 0 Å². The van der Waals surface area contributed by atoms with Crippen LogP contribution in [0.1, 0.15) is 22.3 Å². The van der Waals surface area contributed by atoms with Crippen LogP contribution in [0, 0.1) is 10.1 Å². The molecular formula is C30H23BrN4O4. The van der Waals surface area contributed by atoms with E-state index in [4.69, 9.17) is 4.99 Å². The lowest BCUT2D eigenvalue weighted by molar-refractivity contribution is -0.384.